The quantitative estimate of drug-likeness (QED) is 0.573. The molecule has 94 valence electrons. The fraction of sp³-hybridized carbons (Fsp3) is 0.500. The van der Waals surface area contributed by atoms with E-state index in [9.17, 15) is 0 Å². The Balaban J connectivity index is 2.68. The largest absolute Gasteiger partial charge is 0.0699 e. The van der Waals surface area contributed by atoms with Crippen molar-refractivity contribution in [1.82, 2.24) is 0 Å². The molecule has 0 radical (unpaired) electrons. The van der Waals surface area contributed by atoms with Gasteiger partial charge in [-0.2, -0.15) is 0 Å². The van der Waals surface area contributed by atoms with Crippen LogP contribution >= 0.6 is 0 Å². The summed E-state index contributed by atoms with van der Waals surface area (Å²) in [6, 6.07) is 12.1. The number of hydrogen-bond acceptors (Lipinski definition) is 0. The van der Waals surface area contributed by atoms with Crippen LogP contribution in [0.25, 0.3) is 6.08 Å². The molecule has 0 N–H and O–H groups in total. The predicted octanol–water partition coefficient (Wildman–Crippen LogP) is 5.60. The summed E-state index contributed by atoms with van der Waals surface area (Å²) in [6.07, 6.45) is 6.19. The third-order valence-corrected chi connectivity index (χ3v) is 4.69. The van der Waals surface area contributed by atoms with Gasteiger partial charge in [0.1, 0.15) is 0 Å². The first-order chi connectivity index (χ1) is 8.01. The molecule has 0 fully saturated rings. The number of hydrogen-bond donors (Lipinski definition) is 0. The van der Waals surface area contributed by atoms with Crippen LogP contribution in [0.15, 0.2) is 35.9 Å². The van der Waals surface area contributed by atoms with Crippen molar-refractivity contribution in [2.45, 2.75) is 51.9 Å². The Kier molecular flexibility index (Phi) is 5.70. The van der Waals surface area contributed by atoms with Gasteiger partial charge in [0.25, 0.3) is 0 Å². The summed E-state index contributed by atoms with van der Waals surface area (Å²) in [7, 11) is -0.907. The standard InChI is InChI=1S/C16H26Si/c1-5-9-15(12-13-17(2,3)4)14-16-10-7-6-8-11-16/h6-8,10-11,14H,5,9,12-13H2,1-4H3/b15-14+. The molecule has 1 rings (SSSR count). The van der Waals surface area contributed by atoms with Gasteiger partial charge in [-0.3, -0.25) is 0 Å². The first-order valence-corrected chi connectivity index (χ1v) is 10.5. The molecular weight excluding hydrogens is 220 g/mol. The summed E-state index contributed by atoms with van der Waals surface area (Å²) < 4.78 is 0. The zero-order chi connectivity index (χ0) is 12.7. The SMILES string of the molecule is CCC/C(=C\c1ccccc1)CC[Si](C)(C)C. The molecule has 0 aliphatic carbocycles. The fourth-order valence-corrected chi connectivity index (χ4v) is 2.98. The Morgan fingerprint density at radius 3 is 2.24 bits per heavy atom. The summed E-state index contributed by atoms with van der Waals surface area (Å²) in [4.78, 5) is 0. The van der Waals surface area contributed by atoms with E-state index in [0.29, 0.717) is 0 Å². The van der Waals surface area contributed by atoms with Gasteiger partial charge in [-0.05, 0) is 18.4 Å². The first-order valence-electron chi connectivity index (χ1n) is 6.76. The molecule has 17 heavy (non-hydrogen) atoms. The van der Waals surface area contributed by atoms with Crippen molar-refractivity contribution >= 4 is 14.1 Å². The normalized spacial score (nSPS) is 12.8. The van der Waals surface area contributed by atoms with E-state index in [0.717, 1.165) is 0 Å². The summed E-state index contributed by atoms with van der Waals surface area (Å²) in [5.41, 5.74) is 2.98. The van der Waals surface area contributed by atoms with E-state index >= 15 is 0 Å². The minimum absolute atomic E-state index is 0.907. The number of benzene rings is 1. The Morgan fingerprint density at radius 1 is 1.06 bits per heavy atom. The number of rotatable bonds is 6. The van der Waals surface area contributed by atoms with Gasteiger partial charge in [0.05, 0.1) is 0 Å². The summed E-state index contributed by atoms with van der Waals surface area (Å²) in [5, 5.41) is 0. The van der Waals surface area contributed by atoms with E-state index in [1.54, 1.807) is 5.57 Å². The topological polar surface area (TPSA) is 0 Å². The molecule has 0 saturated carbocycles. The maximum atomic E-state index is 2.46. The lowest BCUT2D eigenvalue weighted by atomic mass is 10.0. The maximum absolute atomic E-state index is 2.46. The van der Waals surface area contributed by atoms with Crippen LogP contribution in [0.5, 0.6) is 0 Å². The third-order valence-electron chi connectivity index (χ3n) is 2.94. The van der Waals surface area contributed by atoms with Crippen LogP contribution in [0.4, 0.5) is 0 Å². The minimum Gasteiger partial charge on any atom is -0.0699 e. The van der Waals surface area contributed by atoms with Gasteiger partial charge >= 0.3 is 0 Å². The van der Waals surface area contributed by atoms with Gasteiger partial charge < -0.3 is 0 Å². The fourth-order valence-electron chi connectivity index (χ4n) is 1.91. The van der Waals surface area contributed by atoms with E-state index in [2.05, 4.69) is 63.0 Å². The molecule has 0 saturated heterocycles. The molecule has 0 amide bonds. The van der Waals surface area contributed by atoms with Crippen LogP contribution in [0, 0.1) is 0 Å². The highest BCUT2D eigenvalue weighted by molar-refractivity contribution is 6.76. The highest BCUT2D eigenvalue weighted by Gasteiger charge is 2.13. The molecule has 1 aromatic rings. The number of allylic oxidation sites excluding steroid dienone is 1. The summed E-state index contributed by atoms with van der Waals surface area (Å²) in [6.45, 7) is 9.64. The van der Waals surface area contributed by atoms with Crippen LogP contribution < -0.4 is 0 Å². The van der Waals surface area contributed by atoms with Crippen molar-refractivity contribution in [3.8, 4) is 0 Å². The zero-order valence-electron chi connectivity index (χ0n) is 11.8. The molecule has 1 heteroatoms. The van der Waals surface area contributed by atoms with Crippen molar-refractivity contribution < 1.29 is 0 Å². The van der Waals surface area contributed by atoms with Crippen LogP contribution in [-0.2, 0) is 0 Å². The Bertz CT molecular complexity index is 344. The van der Waals surface area contributed by atoms with Crippen molar-refractivity contribution in [3.05, 3.63) is 41.5 Å². The van der Waals surface area contributed by atoms with Gasteiger partial charge in [-0.15, -0.1) is 0 Å². The molecule has 0 aliphatic rings. The van der Waals surface area contributed by atoms with Crippen molar-refractivity contribution in [2.75, 3.05) is 0 Å². The van der Waals surface area contributed by atoms with Crippen LogP contribution in [-0.4, -0.2) is 8.07 Å². The lowest BCUT2D eigenvalue weighted by Crippen LogP contribution is -2.18. The van der Waals surface area contributed by atoms with E-state index in [1.807, 2.05) is 0 Å². The first kappa shape index (κ1) is 14.2. The molecule has 0 spiro atoms. The predicted molar refractivity (Wildman–Crippen MR) is 82.1 cm³/mol. The Morgan fingerprint density at radius 2 is 1.71 bits per heavy atom. The molecule has 0 heterocycles. The van der Waals surface area contributed by atoms with Gasteiger partial charge in [-0.25, -0.2) is 0 Å². The highest BCUT2D eigenvalue weighted by atomic mass is 28.3. The van der Waals surface area contributed by atoms with E-state index in [4.69, 9.17) is 0 Å². The lowest BCUT2D eigenvalue weighted by molar-refractivity contribution is 0.860. The Labute approximate surface area is 108 Å². The monoisotopic (exact) mass is 246 g/mol. The highest BCUT2D eigenvalue weighted by Crippen LogP contribution is 2.21. The average Bonchev–Trinajstić information content (AvgIpc) is 2.27. The molecule has 1 aromatic carbocycles. The second-order valence-corrected chi connectivity index (χ2v) is 11.6. The van der Waals surface area contributed by atoms with E-state index in [1.165, 1.54) is 30.9 Å². The molecule has 0 atom stereocenters. The smallest absolute Gasteiger partial charge is 0.0445 e. The van der Waals surface area contributed by atoms with E-state index in [-0.39, 0.29) is 0 Å². The minimum atomic E-state index is -0.907. The molecule has 0 nitrogen and oxygen atoms in total. The van der Waals surface area contributed by atoms with E-state index < -0.39 is 8.07 Å². The summed E-state index contributed by atoms with van der Waals surface area (Å²) >= 11 is 0. The second kappa shape index (κ2) is 6.80. The van der Waals surface area contributed by atoms with Crippen LogP contribution in [0.2, 0.25) is 25.7 Å². The van der Waals surface area contributed by atoms with Crippen molar-refractivity contribution in [3.63, 3.8) is 0 Å². The Hall–Kier alpha value is -0.823. The maximum Gasteiger partial charge on any atom is 0.0445 e. The molecule has 0 bridgehead atoms. The lowest BCUT2D eigenvalue weighted by Gasteiger charge is -2.17. The molecule has 0 unspecified atom stereocenters. The molecule has 0 aliphatic heterocycles. The van der Waals surface area contributed by atoms with Crippen molar-refractivity contribution in [1.29, 1.82) is 0 Å². The summed E-state index contributed by atoms with van der Waals surface area (Å²) in [5.74, 6) is 0. The van der Waals surface area contributed by atoms with Crippen LogP contribution in [0.3, 0.4) is 0 Å². The molecule has 0 aromatic heterocycles. The second-order valence-electron chi connectivity index (χ2n) is 6.02. The zero-order valence-corrected chi connectivity index (χ0v) is 12.8. The van der Waals surface area contributed by atoms with Crippen molar-refractivity contribution in [2.24, 2.45) is 0 Å². The van der Waals surface area contributed by atoms with Gasteiger partial charge in [0, 0.05) is 8.07 Å². The van der Waals surface area contributed by atoms with Gasteiger partial charge in [-0.1, -0.05) is 81.0 Å². The van der Waals surface area contributed by atoms with Crippen LogP contribution in [0.1, 0.15) is 31.7 Å². The average molecular weight is 246 g/mol. The van der Waals surface area contributed by atoms with Gasteiger partial charge in [0.15, 0.2) is 0 Å². The van der Waals surface area contributed by atoms with Gasteiger partial charge in [0.2, 0.25) is 0 Å². The third kappa shape index (κ3) is 6.47. The molecular formula is C16H26Si.